The third kappa shape index (κ3) is 3.16. The highest BCUT2D eigenvalue weighted by molar-refractivity contribution is 7.10. The summed E-state index contributed by atoms with van der Waals surface area (Å²) in [5.74, 6) is 0.204. The number of hydrogen-bond donors (Lipinski definition) is 1. The zero-order valence-electron chi connectivity index (χ0n) is 12.1. The molecule has 1 aromatic heterocycles. The van der Waals surface area contributed by atoms with Crippen LogP contribution in [0.1, 0.15) is 31.8 Å². The Balaban J connectivity index is 2.05. The number of likely N-dealkylation sites (N-methyl/N-ethyl adjacent to an activating group) is 1. The zero-order chi connectivity index (χ0) is 14.0. The Morgan fingerprint density at radius 2 is 2.26 bits per heavy atom. The van der Waals surface area contributed by atoms with E-state index in [4.69, 9.17) is 0 Å². The van der Waals surface area contributed by atoms with Crippen LogP contribution in [-0.4, -0.2) is 47.9 Å². The molecule has 106 valence electrons. The Labute approximate surface area is 119 Å². The van der Waals surface area contributed by atoms with E-state index in [-0.39, 0.29) is 18.1 Å². The fourth-order valence-electron chi connectivity index (χ4n) is 2.22. The van der Waals surface area contributed by atoms with Crippen molar-refractivity contribution in [3.8, 4) is 0 Å². The summed E-state index contributed by atoms with van der Waals surface area (Å²) < 4.78 is 0. The van der Waals surface area contributed by atoms with E-state index >= 15 is 0 Å². The second kappa shape index (κ2) is 6.03. The number of thiophene rings is 1. The minimum atomic E-state index is -0.0866. The van der Waals surface area contributed by atoms with E-state index in [1.165, 1.54) is 4.88 Å². The van der Waals surface area contributed by atoms with Crippen LogP contribution >= 0.6 is 11.3 Å². The molecule has 0 bridgehead atoms. The molecule has 2 atom stereocenters. The predicted octanol–water partition coefficient (Wildman–Crippen LogP) is 1.91. The molecule has 1 aliphatic heterocycles. The average molecular weight is 281 g/mol. The molecule has 19 heavy (non-hydrogen) atoms. The van der Waals surface area contributed by atoms with Gasteiger partial charge in [-0.1, -0.05) is 6.07 Å². The molecule has 1 fully saturated rings. The minimum absolute atomic E-state index is 0.0445. The van der Waals surface area contributed by atoms with Gasteiger partial charge in [0.25, 0.3) is 0 Å². The van der Waals surface area contributed by atoms with Gasteiger partial charge in [-0.25, -0.2) is 0 Å². The highest BCUT2D eigenvalue weighted by Gasteiger charge is 2.37. The fraction of sp³-hybridized carbons (Fsp3) is 0.643. The van der Waals surface area contributed by atoms with Gasteiger partial charge in [0.1, 0.15) is 6.17 Å². The monoisotopic (exact) mass is 281 g/mol. The van der Waals surface area contributed by atoms with Gasteiger partial charge in [-0.05, 0) is 39.3 Å². The number of carbonyl (C=O) groups is 1. The maximum absolute atomic E-state index is 12.2. The Morgan fingerprint density at radius 1 is 1.53 bits per heavy atom. The summed E-state index contributed by atoms with van der Waals surface area (Å²) in [7, 11) is 2.10. The van der Waals surface area contributed by atoms with Crippen LogP contribution in [0.3, 0.4) is 0 Å². The molecule has 0 radical (unpaired) electrons. The highest BCUT2D eigenvalue weighted by atomic mass is 32.1. The van der Waals surface area contributed by atoms with E-state index in [2.05, 4.69) is 42.6 Å². The lowest BCUT2D eigenvalue weighted by Gasteiger charge is -2.28. The van der Waals surface area contributed by atoms with Gasteiger partial charge in [0, 0.05) is 24.0 Å². The van der Waals surface area contributed by atoms with Crippen LogP contribution in [0.15, 0.2) is 17.5 Å². The molecule has 0 aliphatic carbocycles. The van der Waals surface area contributed by atoms with Crippen molar-refractivity contribution in [1.82, 2.24) is 15.1 Å². The molecule has 1 aromatic rings. The van der Waals surface area contributed by atoms with Crippen LogP contribution in [0.25, 0.3) is 0 Å². The summed E-state index contributed by atoms with van der Waals surface area (Å²) in [6, 6.07) is 4.54. The van der Waals surface area contributed by atoms with Gasteiger partial charge in [-0.2, -0.15) is 0 Å². The van der Waals surface area contributed by atoms with E-state index in [0.29, 0.717) is 6.04 Å². The van der Waals surface area contributed by atoms with Crippen molar-refractivity contribution in [3.05, 3.63) is 22.4 Å². The standard InChI is InChI=1S/C14H23N3OS/c1-10(2)16(4)7-8-17-13(12-6-5-9-19-12)15-11(3)14(17)18/h5-6,9-11,13,15H,7-8H2,1-4H3. The third-order valence-corrected chi connectivity index (χ3v) is 4.69. The molecule has 2 heterocycles. The minimum Gasteiger partial charge on any atom is -0.319 e. The van der Waals surface area contributed by atoms with Crippen LogP contribution in [0.2, 0.25) is 0 Å². The van der Waals surface area contributed by atoms with Gasteiger partial charge >= 0.3 is 0 Å². The van der Waals surface area contributed by atoms with Crippen LogP contribution in [0.4, 0.5) is 0 Å². The number of nitrogens with zero attached hydrogens (tertiary/aromatic N) is 2. The first kappa shape index (κ1) is 14.5. The first-order valence-electron chi connectivity index (χ1n) is 6.81. The van der Waals surface area contributed by atoms with E-state index in [1.807, 2.05) is 17.9 Å². The van der Waals surface area contributed by atoms with Crippen molar-refractivity contribution >= 4 is 17.2 Å². The van der Waals surface area contributed by atoms with Gasteiger partial charge < -0.3 is 9.80 Å². The summed E-state index contributed by atoms with van der Waals surface area (Å²) in [6.45, 7) is 7.95. The summed E-state index contributed by atoms with van der Waals surface area (Å²) in [4.78, 5) is 17.7. The Kier molecular flexibility index (Phi) is 4.60. The molecule has 0 aromatic carbocycles. The maximum Gasteiger partial charge on any atom is 0.241 e. The highest BCUT2D eigenvalue weighted by Crippen LogP contribution is 2.28. The van der Waals surface area contributed by atoms with Gasteiger partial charge in [0.05, 0.1) is 6.04 Å². The SMILES string of the molecule is CC1NC(c2cccs2)N(CCN(C)C(C)C)C1=O. The third-order valence-electron chi connectivity index (χ3n) is 3.76. The van der Waals surface area contributed by atoms with Crippen LogP contribution < -0.4 is 5.32 Å². The molecular weight excluding hydrogens is 258 g/mol. The van der Waals surface area contributed by atoms with Crippen molar-refractivity contribution in [2.24, 2.45) is 0 Å². The average Bonchev–Trinajstić information content (AvgIpc) is 2.97. The Morgan fingerprint density at radius 3 is 2.84 bits per heavy atom. The van der Waals surface area contributed by atoms with Crippen molar-refractivity contribution in [2.45, 2.75) is 39.0 Å². The van der Waals surface area contributed by atoms with Gasteiger partial charge in [0.2, 0.25) is 5.91 Å². The Hall–Kier alpha value is -0.910. The van der Waals surface area contributed by atoms with E-state index < -0.39 is 0 Å². The summed E-state index contributed by atoms with van der Waals surface area (Å²) >= 11 is 1.70. The van der Waals surface area contributed by atoms with Crippen molar-refractivity contribution in [3.63, 3.8) is 0 Å². The summed E-state index contributed by atoms with van der Waals surface area (Å²) in [6.07, 6.45) is 0.0445. The largest absolute Gasteiger partial charge is 0.319 e. The molecule has 2 unspecified atom stereocenters. The van der Waals surface area contributed by atoms with Crippen molar-refractivity contribution < 1.29 is 4.79 Å². The zero-order valence-corrected chi connectivity index (χ0v) is 12.9. The number of carbonyl (C=O) groups excluding carboxylic acids is 1. The number of amides is 1. The maximum atomic E-state index is 12.2. The smallest absolute Gasteiger partial charge is 0.241 e. The molecule has 1 N–H and O–H groups in total. The summed E-state index contributed by atoms with van der Waals surface area (Å²) in [5, 5.41) is 5.44. The lowest BCUT2D eigenvalue weighted by atomic mass is 10.3. The van der Waals surface area contributed by atoms with Crippen LogP contribution in [-0.2, 0) is 4.79 Å². The topological polar surface area (TPSA) is 35.6 Å². The lowest BCUT2D eigenvalue weighted by Crippen LogP contribution is -2.39. The lowest BCUT2D eigenvalue weighted by molar-refractivity contribution is -0.130. The van der Waals surface area contributed by atoms with Crippen LogP contribution in [0.5, 0.6) is 0 Å². The number of nitrogens with one attached hydrogen (secondary N) is 1. The van der Waals surface area contributed by atoms with Gasteiger partial charge in [-0.15, -0.1) is 11.3 Å². The van der Waals surface area contributed by atoms with Crippen molar-refractivity contribution in [2.75, 3.05) is 20.1 Å². The van der Waals surface area contributed by atoms with Crippen molar-refractivity contribution in [1.29, 1.82) is 0 Å². The molecule has 2 rings (SSSR count). The molecule has 4 nitrogen and oxygen atoms in total. The second-order valence-electron chi connectivity index (χ2n) is 5.41. The second-order valence-corrected chi connectivity index (χ2v) is 6.39. The molecule has 1 saturated heterocycles. The molecule has 0 spiro atoms. The van der Waals surface area contributed by atoms with Gasteiger partial charge in [-0.3, -0.25) is 10.1 Å². The summed E-state index contributed by atoms with van der Waals surface area (Å²) in [5.41, 5.74) is 0. The fourth-order valence-corrected chi connectivity index (χ4v) is 3.02. The molecular formula is C14H23N3OS. The first-order valence-corrected chi connectivity index (χ1v) is 7.69. The molecule has 0 saturated carbocycles. The molecule has 5 heteroatoms. The first-order chi connectivity index (χ1) is 9.00. The predicted molar refractivity (Wildman–Crippen MR) is 79.1 cm³/mol. The van der Waals surface area contributed by atoms with E-state index in [0.717, 1.165) is 13.1 Å². The number of hydrogen-bond acceptors (Lipinski definition) is 4. The van der Waals surface area contributed by atoms with E-state index in [9.17, 15) is 4.79 Å². The van der Waals surface area contributed by atoms with Crippen LogP contribution in [0, 0.1) is 0 Å². The molecule has 1 amide bonds. The Bertz CT molecular complexity index is 418. The number of rotatable bonds is 5. The van der Waals surface area contributed by atoms with E-state index in [1.54, 1.807) is 11.3 Å². The normalized spacial score (nSPS) is 23.9. The molecule has 1 aliphatic rings. The quantitative estimate of drug-likeness (QED) is 0.895. The van der Waals surface area contributed by atoms with Gasteiger partial charge in [0.15, 0.2) is 0 Å².